The van der Waals surface area contributed by atoms with Crippen LogP contribution in [0, 0.1) is 6.92 Å². The maximum atomic E-state index is 13.2. The van der Waals surface area contributed by atoms with Gasteiger partial charge in [-0.05, 0) is 56.3 Å². The smallest absolute Gasteiger partial charge is 0.255 e. The molecule has 42 heavy (non-hydrogen) atoms. The monoisotopic (exact) mass is 612 g/mol. The molecule has 1 amide bonds. The number of hydrogen-bond acceptors (Lipinski definition) is 8. The van der Waals surface area contributed by atoms with E-state index in [1.54, 1.807) is 43.3 Å². The minimum Gasteiger partial charge on any atom is -0.457 e. The third-order valence-corrected chi connectivity index (χ3v) is 9.15. The Bertz CT molecular complexity index is 1860. The normalized spacial score (nSPS) is 17.5. The van der Waals surface area contributed by atoms with Crippen molar-refractivity contribution in [2.24, 2.45) is 0 Å². The molecule has 0 fully saturated rings. The molecule has 1 aliphatic rings. The van der Waals surface area contributed by atoms with Crippen molar-refractivity contribution in [2.45, 2.75) is 26.1 Å². The summed E-state index contributed by atoms with van der Waals surface area (Å²) in [5.41, 5.74) is 3.11. The van der Waals surface area contributed by atoms with Gasteiger partial charge < -0.3 is 19.2 Å². The van der Waals surface area contributed by atoms with Gasteiger partial charge in [-0.2, -0.15) is 0 Å². The van der Waals surface area contributed by atoms with E-state index < -0.39 is 32.1 Å². The molecule has 1 N–H and O–H groups in total. The number of nitrogens with zero attached hydrogens (tertiary/aromatic N) is 1. The van der Waals surface area contributed by atoms with E-state index >= 15 is 0 Å². The molecule has 0 aliphatic carbocycles. The third-order valence-electron chi connectivity index (χ3n) is 7.03. The average molecular weight is 613 g/mol. The zero-order chi connectivity index (χ0) is 30.4. The minimum atomic E-state index is -3.83. The number of carbonyl (C=O) groups excluding carboxylic acids is 1. The summed E-state index contributed by atoms with van der Waals surface area (Å²) in [6, 6.07) is 18.0. The Morgan fingerprint density at radius 3 is 2.19 bits per heavy atom. The molecule has 10 nitrogen and oxygen atoms in total. The molecule has 1 aliphatic heterocycles. The van der Waals surface area contributed by atoms with Gasteiger partial charge in [-0.25, -0.2) is 16.8 Å². The van der Waals surface area contributed by atoms with E-state index in [4.69, 9.17) is 13.9 Å². The van der Waals surface area contributed by atoms with Crippen LogP contribution in [0.5, 0.6) is 11.5 Å². The van der Waals surface area contributed by atoms with Gasteiger partial charge in [0.1, 0.15) is 32.7 Å². The molecule has 12 heteroatoms. The molecule has 0 spiro atoms. The SMILES string of the molecule is CNC(=O)c1c(-c2ccc(Oc3ccc(C)cc3)cc2)oc2cc3c(cc12)[C@@H](C)O[C@H](CS(C)(=O)=O)CN3S(C)(=O)=O. The molecular weight excluding hydrogens is 580 g/mol. The van der Waals surface area contributed by atoms with E-state index in [0.717, 1.165) is 22.4 Å². The predicted molar refractivity (Wildman–Crippen MR) is 161 cm³/mol. The largest absolute Gasteiger partial charge is 0.457 e. The molecule has 0 saturated heterocycles. The van der Waals surface area contributed by atoms with Crippen LogP contribution in [-0.2, 0) is 24.6 Å². The molecule has 0 saturated carbocycles. The second kappa shape index (κ2) is 11.1. The van der Waals surface area contributed by atoms with Gasteiger partial charge in [-0.15, -0.1) is 0 Å². The van der Waals surface area contributed by atoms with Crippen LogP contribution in [0.4, 0.5) is 5.69 Å². The number of furan rings is 1. The van der Waals surface area contributed by atoms with E-state index in [1.165, 1.54) is 7.05 Å². The molecule has 2 heterocycles. The van der Waals surface area contributed by atoms with Gasteiger partial charge in [0.2, 0.25) is 10.0 Å². The van der Waals surface area contributed by atoms with Crippen molar-refractivity contribution in [2.75, 3.05) is 36.2 Å². The number of sulfone groups is 1. The van der Waals surface area contributed by atoms with Gasteiger partial charge in [0, 0.05) is 35.9 Å². The van der Waals surface area contributed by atoms with Crippen molar-refractivity contribution < 1.29 is 35.5 Å². The van der Waals surface area contributed by atoms with Crippen LogP contribution in [0.1, 0.15) is 34.5 Å². The summed E-state index contributed by atoms with van der Waals surface area (Å²) in [6.45, 7) is 3.53. The number of nitrogens with one attached hydrogen (secondary N) is 1. The summed E-state index contributed by atoms with van der Waals surface area (Å²) in [4.78, 5) is 13.2. The van der Waals surface area contributed by atoms with Crippen molar-refractivity contribution in [1.82, 2.24) is 5.32 Å². The average Bonchev–Trinajstić information content (AvgIpc) is 3.22. The lowest BCUT2D eigenvalue weighted by atomic mass is 10.0. The Morgan fingerprint density at radius 1 is 1.00 bits per heavy atom. The topological polar surface area (TPSA) is 132 Å². The highest BCUT2D eigenvalue weighted by Crippen LogP contribution is 2.42. The number of carbonyl (C=O) groups is 1. The molecule has 5 rings (SSSR count). The highest BCUT2D eigenvalue weighted by molar-refractivity contribution is 7.92. The lowest BCUT2D eigenvalue weighted by Crippen LogP contribution is -2.39. The fourth-order valence-corrected chi connectivity index (χ4v) is 6.90. The van der Waals surface area contributed by atoms with Crippen molar-refractivity contribution in [3.8, 4) is 22.8 Å². The van der Waals surface area contributed by atoms with Crippen LogP contribution in [0.3, 0.4) is 0 Å². The number of sulfonamides is 1. The van der Waals surface area contributed by atoms with E-state index in [-0.39, 0.29) is 23.8 Å². The van der Waals surface area contributed by atoms with Crippen LogP contribution in [-0.4, -0.2) is 60.7 Å². The number of ether oxygens (including phenoxy) is 2. The molecule has 4 aromatic rings. The molecule has 1 aromatic heterocycles. The van der Waals surface area contributed by atoms with Crippen LogP contribution in [0.25, 0.3) is 22.3 Å². The summed E-state index contributed by atoms with van der Waals surface area (Å²) in [5, 5.41) is 3.13. The molecule has 2 atom stereocenters. The summed E-state index contributed by atoms with van der Waals surface area (Å²) < 4.78 is 69.2. The van der Waals surface area contributed by atoms with Crippen LogP contribution in [0.15, 0.2) is 65.1 Å². The fraction of sp³-hybridized carbons (Fsp3) is 0.300. The Hall–Kier alpha value is -3.87. The highest BCUT2D eigenvalue weighted by atomic mass is 32.2. The van der Waals surface area contributed by atoms with Crippen LogP contribution in [0.2, 0.25) is 0 Å². The van der Waals surface area contributed by atoms with Gasteiger partial charge in [0.25, 0.3) is 5.91 Å². The van der Waals surface area contributed by atoms with Crippen LogP contribution < -0.4 is 14.4 Å². The first-order valence-corrected chi connectivity index (χ1v) is 17.1. The second-order valence-electron chi connectivity index (χ2n) is 10.5. The predicted octanol–water partition coefficient (Wildman–Crippen LogP) is 4.83. The quantitative estimate of drug-likeness (QED) is 0.314. The van der Waals surface area contributed by atoms with Crippen molar-refractivity contribution >= 4 is 42.4 Å². The van der Waals surface area contributed by atoms with Crippen molar-refractivity contribution in [3.05, 3.63) is 77.4 Å². The number of fused-ring (bicyclic) bond motifs is 2. The minimum absolute atomic E-state index is 0.187. The summed E-state index contributed by atoms with van der Waals surface area (Å²) in [7, 11) is -5.77. The lowest BCUT2D eigenvalue weighted by Gasteiger charge is -2.24. The van der Waals surface area contributed by atoms with Gasteiger partial charge in [0.05, 0.1) is 42.0 Å². The van der Waals surface area contributed by atoms with Crippen molar-refractivity contribution in [1.29, 1.82) is 0 Å². The maximum absolute atomic E-state index is 13.2. The number of hydrogen-bond donors (Lipinski definition) is 1. The molecular formula is C30H32N2O8S2. The summed E-state index contributed by atoms with van der Waals surface area (Å²) in [6.07, 6.45) is 0.572. The first-order chi connectivity index (χ1) is 19.7. The zero-order valence-electron chi connectivity index (χ0n) is 23.9. The Morgan fingerprint density at radius 2 is 1.62 bits per heavy atom. The second-order valence-corrected chi connectivity index (χ2v) is 14.6. The van der Waals surface area contributed by atoms with Crippen LogP contribution >= 0.6 is 0 Å². The van der Waals surface area contributed by atoms with E-state index in [1.807, 2.05) is 31.2 Å². The number of anilines is 1. The fourth-order valence-electron chi connectivity index (χ4n) is 5.09. The van der Waals surface area contributed by atoms with Gasteiger partial charge in [-0.1, -0.05) is 17.7 Å². The lowest BCUT2D eigenvalue weighted by molar-refractivity contribution is 0.0193. The standard InChI is InChI=1S/C30H32N2O8S2/c1-18-6-10-21(11-7-18)39-22-12-8-20(9-13-22)29-28(30(33)31-3)25-14-24-19(2)38-23(17-41(4,34)35)16-32(42(5,36)37)26(24)15-27(25)40-29/h6-15,19,23H,16-17H2,1-5H3,(H,31,33)/t19-,23+/m1/s1. The molecule has 0 unspecified atom stereocenters. The van der Waals surface area contributed by atoms with Gasteiger partial charge >= 0.3 is 0 Å². The maximum Gasteiger partial charge on any atom is 0.255 e. The number of rotatable bonds is 7. The summed E-state index contributed by atoms with van der Waals surface area (Å²) >= 11 is 0. The molecule has 0 bridgehead atoms. The first kappa shape index (κ1) is 29.6. The Labute approximate surface area is 245 Å². The Balaban J connectivity index is 1.60. The highest BCUT2D eigenvalue weighted by Gasteiger charge is 2.35. The number of benzene rings is 3. The van der Waals surface area contributed by atoms with Gasteiger partial charge in [-0.3, -0.25) is 9.10 Å². The molecule has 3 aromatic carbocycles. The number of aryl methyl sites for hydroxylation is 1. The van der Waals surface area contributed by atoms with Gasteiger partial charge in [0.15, 0.2) is 0 Å². The zero-order valence-corrected chi connectivity index (χ0v) is 25.5. The third kappa shape index (κ3) is 6.15. The summed E-state index contributed by atoms with van der Waals surface area (Å²) in [5.74, 6) is 0.868. The van der Waals surface area contributed by atoms with Crippen molar-refractivity contribution in [3.63, 3.8) is 0 Å². The molecule has 0 radical (unpaired) electrons. The molecule has 222 valence electrons. The Kier molecular flexibility index (Phi) is 7.82. The first-order valence-electron chi connectivity index (χ1n) is 13.2. The van der Waals surface area contributed by atoms with E-state index in [9.17, 15) is 21.6 Å². The van der Waals surface area contributed by atoms with E-state index in [0.29, 0.717) is 45.0 Å². The van der Waals surface area contributed by atoms with E-state index in [2.05, 4.69) is 5.32 Å². The number of amides is 1.